The van der Waals surface area contributed by atoms with Gasteiger partial charge in [0.2, 0.25) is 0 Å². The number of hydrogen-bond donors (Lipinski definition) is 3. The maximum atomic E-state index is 12.7. The second kappa shape index (κ2) is 12.1. The average Bonchev–Trinajstić information content (AvgIpc) is 2.82. The van der Waals surface area contributed by atoms with Crippen molar-refractivity contribution in [3.05, 3.63) is 100 Å². The number of benzene rings is 3. The normalized spacial score (nSPS) is 10.8. The molecule has 0 aromatic heterocycles. The summed E-state index contributed by atoms with van der Waals surface area (Å²) in [6.45, 7) is 6.13. The Labute approximate surface area is 191 Å². The van der Waals surface area contributed by atoms with E-state index in [0.29, 0.717) is 18.8 Å². The van der Waals surface area contributed by atoms with E-state index < -0.39 is 0 Å². The van der Waals surface area contributed by atoms with Gasteiger partial charge in [0.15, 0.2) is 0 Å². The highest BCUT2D eigenvalue weighted by Crippen LogP contribution is 2.23. The Morgan fingerprint density at radius 3 is 2.34 bits per heavy atom. The third-order valence-corrected chi connectivity index (χ3v) is 6.04. The number of carbonyl (C=O) groups is 1. The zero-order valence-corrected chi connectivity index (χ0v) is 19.2. The lowest BCUT2D eigenvalue weighted by Crippen LogP contribution is -2.27. The lowest BCUT2D eigenvalue weighted by Gasteiger charge is -2.13. The third-order valence-electron chi connectivity index (χ3n) is 6.04. The Morgan fingerprint density at radius 2 is 1.53 bits per heavy atom. The lowest BCUT2D eigenvalue weighted by atomic mass is 10.00. The van der Waals surface area contributed by atoms with Crippen LogP contribution in [-0.2, 0) is 19.4 Å². The maximum Gasteiger partial charge on any atom is 0.251 e. The lowest BCUT2D eigenvalue weighted by molar-refractivity contribution is 0.0952. The molecular weight excluding hydrogens is 396 g/mol. The van der Waals surface area contributed by atoms with Gasteiger partial charge in [-0.2, -0.15) is 0 Å². The van der Waals surface area contributed by atoms with Gasteiger partial charge in [0.1, 0.15) is 5.75 Å². The highest BCUT2D eigenvalue weighted by atomic mass is 16.3. The second-order valence-electron chi connectivity index (χ2n) is 8.28. The Kier molecular flexibility index (Phi) is 8.88. The van der Waals surface area contributed by atoms with Crippen LogP contribution in [-0.4, -0.2) is 24.1 Å². The minimum atomic E-state index is -0.00730. The van der Waals surface area contributed by atoms with Crippen LogP contribution in [0.4, 0.5) is 0 Å². The van der Waals surface area contributed by atoms with Crippen LogP contribution in [0.15, 0.2) is 66.7 Å². The Morgan fingerprint density at radius 1 is 0.781 bits per heavy atom. The van der Waals surface area contributed by atoms with Crippen LogP contribution in [0.3, 0.4) is 0 Å². The van der Waals surface area contributed by atoms with Crippen molar-refractivity contribution in [2.75, 3.05) is 13.1 Å². The number of aromatic hydroxyl groups is 1. The molecule has 3 aromatic rings. The first-order chi connectivity index (χ1) is 15.6. The second-order valence-corrected chi connectivity index (χ2v) is 8.28. The van der Waals surface area contributed by atoms with Crippen LogP contribution in [0.25, 0.3) is 0 Å². The Hall–Kier alpha value is -3.11. The molecule has 3 N–H and O–H groups in total. The highest BCUT2D eigenvalue weighted by Gasteiger charge is 2.10. The van der Waals surface area contributed by atoms with Crippen molar-refractivity contribution in [1.29, 1.82) is 0 Å². The van der Waals surface area contributed by atoms with Crippen molar-refractivity contribution in [2.45, 2.75) is 46.1 Å². The summed E-state index contributed by atoms with van der Waals surface area (Å²) < 4.78 is 0. The molecule has 4 nitrogen and oxygen atoms in total. The van der Waals surface area contributed by atoms with Crippen LogP contribution in [0, 0.1) is 13.8 Å². The van der Waals surface area contributed by atoms with Gasteiger partial charge in [0.05, 0.1) is 0 Å². The summed E-state index contributed by atoms with van der Waals surface area (Å²) in [6, 6.07) is 22.0. The van der Waals surface area contributed by atoms with Gasteiger partial charge in [-0.3, -0.25) is 4.79 Å². The Bertz CT molecular complexity index is 1020. The van der Waals surface area contributed by atoms with Crippen LogP contribution < -0.4 is 10.6 Å². The molecule has 3 rings (SSSR count). The molecule has 0 aliphatic carbocycles. The van der Waals surface area contributed by atoms with Crippen molar-refractivity contribution in [3.8, 4) is 5.75 Å². The number of rotatable bonds is 11. The van der Waals surface area contributed by atoms with E-state index in [0.717, 1.165) is 54.5 Å². The number of aryl methyl sites for hydroxylation is 1. The SMILES string of the molecule is Cc1c(O)ccc(CCNCc2ccccc2C(=O)NCCCCc2ccccc2)c1C. The molecule has 0 aliphatic heterocycles. The molecule has 0 aliphatic rings. The van der Waals surface area contributed by atoms with Crippen molar-refractivity contribution in [2.24, 2.45) is 0 Å². The van der Waals surface area contributed by atoms with E-state index >= 15 is 0 Å². The van der Waals surface area contributed by atoms with Gasteiger partial charge in [0, 0.05) is 18.7 Å². The number of carbonyl (C=O) groups excluding carboxylic acids is 1. The molecule has 0 bridgehead atoms. The number of amides is 1. The molecule has 4 heteroatoms. The zero-order valence-electron chi connectivity index (χ0n) is 19.2. The quantitative estimate of drug-likeness (QED) is 0.371. The van der Waals surface area contributed by atoms with Gasteiger partial charge in [0.25, 0.3) is 5.91 Å². The molecule has 0 saturated carbocycles. The van der Waals surface area contributed by atoms with E-state index in [2.05, 4.69) is 34.9 Å². The van der Waals surface area contributed by atoms with E-state index in [-0.39, 0.29) is 5.91 Å². The summed E-state index contributed by atoms with van der Waals surface area (Å²) in [5.41, 5.74) is 6.39. The molecule has 3 aromatic carbocycles. The van der Waals surface area contributed by atoms with E-state index in [1.54, 1.807) is 6.07 Å². The highest BCUT2D eigenvalue weighted by molar-refractivity contribution is 5.95. The molecule has 168 valence electrons. The largest absolute Gasteiger partial charge is 0.508 e. The third kappa shape index (κ3) is 6.69. The van der Waals surface area contributed by atoms with E-state index in [1.165, 1.54) is 11.1 Å². The van der Waals surface area contributed by atoms with Gasteiger partial charge in [-0.25, -0.2) is 0 Å². The number of nitrogens with one attached hydrogen (secondary N) is 2. The molecule has 0 heterocycles. The van der Waals surface area contributed by atoms with E-state index in [4.69, 9.17) is 0 Å². The first-order valence-corrected chi connectivity index (χ1v) is 11.4. The summed E-state index contributed by atoms with van der Waals surface area (Å²) in [7, 11) is 0. The van der Waals surface area contributed by atoms with Crippen LogP contribution in [0.1, 0.15) is 51.0 Å². The van der Waals surface area contributed by atoms with Crippen molar-refractivity contribution < 1.29 is 9.90 Å². The summed E-state index contributed by atoms with van der Waals surface area (Å²) in [4.78, 5) is 12.7. The predicted octanol–water partition coefficient (Wildman–Crippen LogP) is 5.09. The van der Waals surface area contributed by atoms with Gasteiger partial charge in [-0.05, 0) is 86.0 Å². The first kappa shape index (κ1) is 23.6. The fourth-order valence-electron chi connectivity index (χ4n) is 3.87. The van der Waals surface area contributed by atoms with Crippen LogP contribution in [0.5, 0.6) is 5.75 Å². The standard InChI is InChI=1S/C28H34N2O2/c1-21-22(2)27(31)16-15-24(21)17-19-29-20-25-13-6-7-14-26(25)28(32)30-18-9-8-12-23-10-4-3-5-11-23/h3-7,10-11,13-16,29,31H,8-9,12,17-20H2,1-2H3,(H,30,32). The molecule has 0 spiro atoms. The molecular formula is C28H34N2O2. The van der Waals surface area contributed by atoms with Crippen LogP contribution >= 0.6 is 0 Å². The van der Waals surface area contributed by atoms with Gasteiger partial charge in [-0.1, -0.05) is 54.6 Å². The molecule has 0 radical (unpaired) electrons. The summed E-state index contributed by atoms with van der Waals surface area (Å²) in [5, 5.41) is 16.3. The molecule has 0 unspecified atom stereocenters. The van der Waals surface area contributed by atoms with Crippen molar-refractivity contribution >= 4 is 5.91 Å². The minimum absolute atomic E-state index is 0.00730. The minimum Gasteiger partial charge on any atom is -0.508 e. The van der Waals surface area contributed by atoms with Gasteiger partial charge >= 0.3 is 0 Å². The van der Waals surface area contributed by atoms with Crippen molar-refractivity contribution in [3.63, 3.8) is 0 Å². The summed E-state index contributed by atoms with van der Waals surface area (Å²) >= 11 is 0. The molecule has 0 saturated heterocycles. The molecule has 32 heavy (non-hydrogen) atoms. The average molecular weight is 431 g/mol. The molecule has 0 fully saturated rings. The fourth-order valence-corrected chi connectivity index (χ4v) is 3.87. The van der Waals surface area contributed by atoms with E-state index in [9.17, 15) is 9.90 Å². The fraction of sp³-hybridized carbons (Fsp3) is 0.321. The smallest absolute Gasteiger partial charge is 0.251 e. The zero-order chi connectivity index (χ0) is 22.8. The maximum absolute atomic E-state index is 12.7. The van der Waals surface area contributed by atoms with Gasteiger partial charge in [-0.15, -0.1) is 0 Å². The number of phenolic OH excluding ortho intramolecular Hbond substituents is 1. The molecule has 0 atom stereocenters. The van der Waals surface area contributed by atoms with E-state index in [1.807, 2.05) is 50.2 Å². The first-order valence-electron chi connectivity index (χ1n) is 11.4. The van der Waals surface area contributed by atoms with Crippen LogP contribution in [0.2, 0.25) is 0 Å². The summed E-state index contributed by atoms with van der Waals surface area (Å²) in [6.07, 6.45) is 3.94. The monoisotopic (exact) mass is 430 g/mol. The van der Waals surface area contributed by atoms with Crippen molar-refractivity contribution in [1.82, 2.24) is 10.6 Å². The number of phenols is 1. The molecule has 1 amide bonds. The van der Waals surface area contributed by atoms with Gasteiger partial charge < -0.3 is 15.7 Å². The number of hydrogen-bond acceptors (Lipinski definition) is 3. The number of unbranched alkanes of at least 4 members (excludes halogenated alkanes) is 1. The topological polar surface area (TPSA) is 61.4 Å². The predicted molar refractivity (Wildman–Crippen MR) is 131 cm³/mol. The summed E-state index contributed by atoms with van der Waals surface area (Å²) in [5.74, 6) is 0.339. The Balaban J connectivity index is 1.43.